The van der Waals surface area contributed by atoms with Gasteiger partial charge >= 0.3 is 5.97 Å². The first-order valence-electron chi connectivity index (χ1n) is 6.87. The number of unbranched alkanes of at least 4 members (excludes halogenated alkanes) is 4. The van der Waals surface area contributed by atoms with Crippen molar-refractivity contribution in [3.05, 3.63) is 12.7 Å². The van der Waals surface area contributed by atoms with Crippen molar-refractivity contribution >= 4 is 33.3 Å². The summed E-state index contributed by atoms with van der Waals surface area (Å²) in [5, 5.41) is 0. The fourth-order valence-corrected chi connectivity index (χ4v) is 4.05. The van der Waals surface area contributed by atoms with Gasteiger partial charge in [0.15, 0.2) is 0 Å². The number of ether oxygens (including phenoxy) is 1. The number of hydrogen-bond acceptors (Lipinski definition) is 2. The average molecular weight is 382 g/mol. The molecule has 0 rings (SSSR count). The van der Waals surface area contributed by atoms with Gasteiger partial charge in [0.25, 0.3) is 0 Å². The van der Waals surface area contributed by atoms with Crippen molar-refractivity contribution in [3.8, 4) is 0 Å². The number of esters is 1. The normalized spacial score (nSPS) is 13.1. The highest BCUT2D eigenvalue weighted by Gasteiger charge is 2.14. The lowest BCUT2D eigenvalue weighted by atomic mass is 10.1. The van der Waals surface area contributed by atoms with Gasteiger partial charge in [-0.2, -0.15) is 0 Å². The molecule has 1 unspecified atom stereocenters. The Bertz CT molecular complexity index is 249. The Kier molecular flexibility index (Phi) is 10.1. The van der Waals surface area contributed by atoms with E-state index in [0.717, 1.165) is 12.8 Å². The third kappa shape index (κ3) is 12.6. The van der Waals surface area contributed by atoms with Gasteiger partial charge in [-0.25, -0.2) is 4.79 Å². The Morgan fingerprint density at radius 2 is 1.83 bits per heavy atom. The van der Waals surface area contributed by atoms with Crippen LogP contribution < -0.4 is 0 Å². The summed E-state index contributed by atoms with van der Waals surface area (Å²) in [5.74, 6) is -0.309. The van der Waals surface area contributed by atoms with E-state index in [1.807, 2.05) is 6.92 Å². The molecule has 0 radical (unpaired) electrons. The van der Waals surface area contributed by atoms with Crippen LogP contribution in [0.5, 0.6) is 0 Å². The quantitative estimate of drug-likeness (QED) is 0.131. The van der Waals surface area contributed by atoms with Gasteiger partial charge in [0.1, 0.15) is 5.57 Å². The lowest BCUT2D eigenvalue weighted by Gasteiger charge is -2.13. The molecule has 0 aliphatic rings. The molecule has 0 aliphatic carbocycles. The average Bonchev–Trinajstić information content (AvgIpc) is 2.26. The molecular formula is C14H27IO2Si. The van der Waals surface area contributed by atoms with E-state index in [1.165, 1.54) is 37.8 Å². The Morgan fingerprint density at radius 3 is 2.39 bits per heavy atom. The standard InChI is InChI=1S/C14H27IO2Si/c1-5-14(16)17-13(2)11-9-7-6-8-10-12-18(3,4)15/h5,13H,1,6-12H2,2-4H3. The highest BCUT2D eigenvalue weighted by Crippen LogP contribution is 2.21. The minimum Gasteiger partial charge on any atom is -0.460 e. The van der Waals surface area contributed by atoms with E-state index in [9.17, 15) is 4.79 Å². The molecule has 0 saturated carbocycles. The third-order valence-electron chi connectivity index (χ3n) is 2.87. The minimum absolute atomic E-state index is 0.0242. The summed E-state index contributed by atoms with van der Waals surface area (Å²) in [6, 6.07) is 1.43. The first-order chi connectivity index (χ1) is 8.35. The summed E-state index contributed by atoms with van der Waals surface area (Å²) in [4.78, 5) is 11.0. The van der Waals surface area contributed by atoms with E-state index in [1.54, 1.807) is 0 Å². The maximum atomic E-state index is 11.0. The molecule has 0 saturated heterocycles. The summed E-state index contributed by atoms with van der Waals surface area (Å²) in [7, 11) is 0. The van der Waals surface area contributed by atoms with Crippen molar-refractivity contribution in [3.63, 3.8) is 0 Å². The molecule has 0 N–H and O–H groups in total. The first kappa shape index (κ1) is 18.2. The lowest BCUT2D eigenvalue weighted by molar-refractivity contribution is -0.142. The van der Waals surface area contributed by atoms with Crippen LogP contribution in [0.25, 0.3) is 0 Å². The van der Waals surface area contributed by atoms with E-state index < -0.39 is 5.57 Å². The van der Waals surface area contributed by atoms with Crippen molar-refractivity contribution in [2.45, 2.75) is 70.7 Å². The van der Waals surface area contributed by atoms with Gasteiger partial charge in [-0.3, -0.25) is 0 Å². The summed E-state index contributed by atoms with van der Waals surface area (Å²) >= 11 is 2.65. The molecule has 0 aliphatic heterocycles. The second-order valence-corrected chi connectivity index (χ2v) is 18.2. The number of carbonyl (C=O) groups excluding carboxylic acids is 1. The molecular weight excluding hydrogens is 355 g/mol. The zero-order valence-electron chi connectivity index (χ0n) is 12.0. The summed E-state index contributed by atoms with van der Waals surface area (Å²) < 4.78 is 5.12. The second-order valence-electron chi connectivity index (χ2n) is 5.48. The Balaban J connectivity index is 3.35. The van der Waals surface area contributed by atoms with Crippen LogP contribution in [0.4, 0.5) is 0 Å². The summed E-state index contributed by atoms with van der Waals surface area (Å²) in [6.07, 6.45) is 8.65. The molecule has 0 aromatic rings. The fraction of sp³-hybridized carbons (Fsp3) is 0.786. The monoisotopic (exact) mass is 382 g/mol. The molecule has 0 spiro atoms. The number of hydrogen-bond donors (Lipinski definition) is 0. The number of halogens is 1. The minimum atomic E-state index is -0.863. The van der Waals surface area contributed by atoms with Crippen LogP contribution in [-0.4, -0.2) is 17.6 Å². The predicted molar refractivity (Wildman–Crippen MR) is 89.8 cm³/mol. The van der Waals surface area contributed by atoms with Crippen LogP contribution in [0.2, 0.25) is 19.1 Å². The maximum Gasteiger partial charge on any atom is 0.330 e. The van der Waals surface area contributed by atoms with Crippen LogP contribution in [-0.2, 0) is 9.53 Å². The summed E-state index contributed by atoms with van der Waals surface area (Å²) in [6.45, 7) is 10.2. The van der Waals surface area contributed by atoms with Gasteiger partial charge in [0.05, 0.1) is 6.10 Å². The van der Waals surface area contributed by atoms with Crippen LogP contribution in [0.1, 0.15) is 45.4 Å². The third-order valence-corrected chi connectivity index (χ3v) is 6.03. The van der Waals surface area contributed by atoms with Gasteiger partial charge in [-0.05, 0) is 25.8 Å². The van der Waals surface area contributed by atoms with Crippen molar-refractivity contribution in [2.75, 3.05) is 0 Å². The van der Waals surface area contributed by atoms with Crippen LogP contribution in [0.15, 0.2) is 12.7 Å². The van der Waals surface area contributed by atoms with E-state index >= 15 is 0 Å². The second kappa shape index (κ2) is 10.0. The van der Waals surface area contributed by atoms with Gasteiger partial charge in [0.2, 0.25) is 0 Å². The van der Waals surface area contributed by atoms with Crippen molar-refractivity contribution < 1.29 is 9.53 Å². The van der Waals surface area contributed by atoms with E-state index in [2.05, 4.69) is 41.5 Å². The Morgan fingerprint density at radius 1 is 1.28 bits per heavy atom. The molecule has 4 heteroatoms. The SMILES string of the molecule is C=CC(=O)OC(C)CCCCCCC[Si](C)(C)I. The van der Waals surface area contributed by atoms with E-state index in [-0.39, 0.29) is 12.1 Å². The highest BCUT2D eigenvalue weighted by molar-refractivity contribution is 14.1. The topological polar surface area (TPSA) is 26.3 Å². The van der Waals surface area contributed by atoms with Crippen LogP contribution >= 0.6 is 21.8 Å². The predicted octanol–water partition coefficient (Wildman–Crippen LogP) is 5.08. The Hall–Kier alpha value is 0.157. The zero-order chi connectivity index (χ0) is 14.0. The lowest BCUT2D eigenvalue weighted by Crippen LogP contribution is -2.13. The van der Waals surface area contributed by atoms with Crippen LogP contribution in [0, 0.1) is 0 Å². The fourth-order valence-electron chi connectivity index (χ4n) is 1.81. The molecule has 18 heavy (non-hydrogen) atoms. The summed E-state index contributed by atoms with van der Waals surface area (Å²) in [5.41, 5.74) is -0.863. The van der Waals surface area contributed by atoms with E-state index in [0.29, 0.717) is 0 Å². The van der Waals surface area contributed by atoms with Crippen LogP contribution in [0.3, 0.4) is 0 Å². The molecule has 0 aromatic carbocycles. The highest BCUT2D eigenvalue weighted by atomic mass is 127. The molecule has 106 valence electrons. The van der Waals surface area contributed by atoms with Crippen molar-refractivity contribution in [2.24, 2.45) is 0 Å². The zero-order valence-corrected chi connectivity index (χ0v) is 15.2. The first-order valence-corrected chi connectivity index (χ1v) is 13.2. The van der Waals surface area contributed by atoms with E-state index in [4.69, 9.17) is 4.74 Å². The van der Waals surface area contributed by atoms with Gasteiger partial charge in [0, 0.05) is 6.08 Å². The molecule has 0 fully saturated rings. The number of rotatable bonds is 10. The number of carbonyl (C=O) groups is 1. The molecule has 0 bridgehead atoms. The largest absolute Gasteiger partial charge is 0.460 e. The molecule has 2 nitrogen and oxygen atoms in total. The van der Waals surface area contributed by atoms with Gasteiger partial charge in [-0.15, -0.1) is 21.8 Å². The molecule has 0 aromatic heterocycles. The van der Waals surface area contributed by atoms with Gasteiger partial charge < -0.3 is 4.74 Å². The van der Waals surface area contributed by atoms with Crippen molar-refractivity contribution in [1.29, 1.82) is 0 Å². The van der Waals surface area contributed by atoms with Crippen molar-refractivity contribution in [1.82, 2.24) is 0 Å². The smallest absolute Gasteiger partial charge is 0.330 e. The maximum absolute atomic E-state index is 11.0. The Labute approximate surface area is 126 Å². The molecule has 0 amide bonds. The molecule has 0 heterocycles. The molecule has 1 atom stereocenters. The van der Waals surface area contributed by atoms with Gasteiger partial charge in [-0.1, -0.05) is 45.4 Å².